The fraction of sp³-hybridized carbons (Fsp3) is 1.00. The molecule has 0 aromatic rings. The number of hydrazine groups is 1. The molecule has 0 saturated carbocycles. The Balaban J connectivity index is 3.63. The van der Waals surface area contributed by atoms with E-state index in [-0.39, 0.29) is 5.66 Å². The number of rotatable bonds is 7. The topological polar surface area (TPSA) is 50.1 Å². The van der Waals surface area contributed by atoms with E-state index < -0.39 is 0 Å². The van der Waals surface area contributed by atoms with Gasteiger partial charge in [-0.2, -0.15) is 0 Å². The van der Waals surface area contributed by atoms with Crippen LogP contribution < -0.4 is 16.6 Å². The van der Waals surface area contributed by atoms with Gasteiger partial charge in [-0.05, 0) is 19.9 Å². The molecule has 3 heteroatoms. The van der Waals surface area contributed by atoms with E-state index in [2.05, 4.69) is 24.7 Å². The van der Waals surface area contributed by atoms with Crippen molar-refractivity contribution in [2.24, 2.45) is 5.73 Å². The van der Waals surface area contributed by atoms with Crippen LogP contribution in [-0.2, 0) is 0 Å². The summed E-state index contributed by atoms with van der Waals surface area (Å²) in [4.78, 5) is 0. The molecule has 0 amide bonds. The van der Waals surface area contributed by atoms with E-state index in [0.29, 0.717) is 0 Å². The summed E-state index contributed by atoms with van der Waals surface area (Å²) in [7, 11) is 1.86. The van der Waals surface area contributed by atoms with Crippen molar-refractivity contribution >= 4 is 0 Å². The fourth-order valence-corrected chi connectivity index (χ4v) is 1.27. The van der Waals surface area contributed by atoms with Gasteiger partial charge >= 0.3 is 0 Å². The van der Waals surface area contributed by atoms with Gasteiger partial charge in [-0.1, -0.05) is 33.1 Å². The molecule has 0 heterocycles. The zero-order chi connectivity index (χ0) is 9.45. The average molecular weight is 173 g/mol. The quantitative estimate of drug-likeness (QED) is 0.309. The third kappa shape index (κ3) is 4.70. The van der Waals surface area contributed by atoms with Gasteiger partial charge in [0.2, 0.25) is 0 Å². The highest BCUT2D eigenvalue weighted by Gasteiger charge is 2.19. The lowest BCUT2D eigenvalue weighted by Gasteiger charge is -2.29. The zero-order valence-electron chi connectivity index (χ0n) is 8.61. The standard InChI is InChI=1S/C9H23N3/c1-4-6-7-8-9(10,5-2)12-11-3/h11-12H,4-8,10H2,1-3H3. The van der Waals surface area contributed by atoms with Crippen molar-refractivity contribution in [1.29, 1.82) is 0 Å². The lowest BCUT2D eigenvalue weighted by atomic mass is 10.0. The number of hydrogen-bond acceptors (Lipinski definition) is 3. The zero-order valence-corrected chi connectivity index (χ0v) is 8.61. The van der Waals surface area contributed by atoms with Gasteiger partial charge in [0.1, 0.15) is 0 Å². The van der Waals surface area contributed by atoms with Crippen LogP contribution in [0.25, 0.3) is 0 Å². The first-order valence-electron chi connectivity index (χ1n) is 4.91. The summed E-state index contributed by atoms with van der Waals surface area (Å²) < 4.78 is 0. The molecule has 0 radical (unpaired) electrons. The summed E-state index contributed by atoms with van der Waals surface area (Å²) in [6.45, 7) is 4.31. The maximum Gasteiger partial charge on any atom is 0.0789 e. The third-order valence-electron chi connectivity index (χ3n) is 2.23. The average Bonchev–Trinajstić information content (AvgIpc) is 2.06. The van der Waals surface area contributed by atoms with Crippen molar-refractivity contribution < 1.29 is 0 Å². The molecule has 12 heavy (non-hydrogen) atoms. The van der Waals surface area contributed by atoms with Crippen LogP contribution in [0.1, 0.15) is 46.0 Å². The summed E-state index contributed by atoms with van der Waals surface area (Å²) in [5.41, 5.74) is 11.9. The molecule has 0 bridgehead atoms. The highest BCUT2D eigenvalue weighted by molar-refractivity contribution is 4.76. The molecule has 0 spiro atoms. The third-order valence-corrected chi connectivity index (χ3v) is 2.23. The van der Waals surface area contributed by atoms with Crippen LogP contribution in [0.3, 0.4) is 0 Å². The molecule has 74 valence electrons. The van der Waals surface area contributed by atoms with E-state index in [1.165, 1.54) is 19.3 Å². The van der Waals surface area contributed by atoms with E-state index >= 15 is 0 Å². The lowest BCUT2D eigenvalue weighted by molar-refractivity contribution is 0.263. The van der Waals surface area contributed by atoms with Gasteiger partial charge in [0, 0.05) is 0 Å². The molecule has 0 aromatic carbocycles. The molecule has 0 aliphatic heterocycles. The van der Waals surface area contributed by atoms with E-state index in [4.69, 9.17) is 5.73 Å². The maximum absolute atomic E-state index is 6.07. The Hall–Kier alpha value is -0.120. The van der Waals surface area contributed by atoms with Crippen LogP contribution in [0, 0.1) is 0 Å². The van der Waals surface area contributed by atoms with Crippen LogP contribution in [0.5, 0.6) is 0 Å². The monoisotopic (exact) mass is 173 g/mol. The molecule has 0 aliphatic carbocycles. The van der Waals surface area contributed by atoms with Gasteiger partial charge in [0.05, 0.1) is 5.66 Å². The first-order chi connectivity index (χ1) is 5.68. The van der Waals surface area contributed by atoms with Gasteiger partial charge in [0.15, 0.2) is 0 Å². The Morgan fingerprint density at radius 1 is 1.25 bits per heavy atom. The van der Waals surface area contributed by atoms with Gasteiger partial charge in [-0.25, -0.2) is 5.43 Å². The van der Waals surface area contributed by atoms with Gasteiger partial charge in [0.25, 0.3) is 0 Å². The summed E-state index contributed by atoms with van der Waals surface area (Å²) >= 11 is 0. The van der Waals surface area contributed by atoms with E-state index in [0.717, 1.165) is 12.8 Å². The highest BCUT2D eigenvalue weighted by atomic mass is 15.4. The largest absolute Gasteiger partial charge is 0.312 e. The second-order valence-corrected chi connectivity index (χ2v) is 3.34. The number of nitrogens with two attached hydrogens (primary N) is 1. The molecular weight excluding hydrogens is 150 g/mol. The minimum Gasteiger partial charge on any atom is -0.312 e. The predicted octanol–water partition coefficient (Wildman–Crippen LogP) is 1.36. The van der Waals surface area contributed by atoms with Crippen LogP contribution in [0.15, 0.2) is 0 Å². The second kappa shape index (κ2) is 6.40. The summed E-state index contributed by atoms with van der Waals surface area (Å²) in [6, 6.07) is 0. The SMILES string of the molecule is CCCCCC(N)(CC)NNC. The fourth-order valence-electron chi connectivity index (χ4n) is 1.27. The Morgan fingerprint density at radius 2 is 1.92 bits per heavy atom. The summed E-state index contributed by atoms with van der Waals surface area (Å²) in [5.74, 6) is 0. The number of hydrogen-bond donors (Lipinski definition) is 3. The minimum absolute atomic E-state index is 0.218. The molecule has 1 atom stereocenters. The van der Waals surface area contributed by atoms with Crippen molar-refractivity contribution in [3.8, 4) is 0 Å². The van der Waals surface area contributed by atoms with Crippen molar-refractivity contribution in [1.82, 2.24) is 10.9 Å². The smallest absolute Gasteiger partial charge is 0.0789 e. The highest BCUT2D eigenvalue weighted by Crippen LogP contribution is 2.12. The van der Waals surface area contributed by atoms with Gasteiger partial charge in [-0.15, -0.1) is 0 Å². The molecule has 0 aliphatic rings. The summed E-state index contributed by atoms with van der Waals surface area (Å²) in [5, 5.41) is 0. The number of nitrogens with one attached hydrogen (secondary N) is 2. The van der Waals surface area contributed by atoms with Crippen molar-refractivity contribution in [3.63, 3.8) is 0 Å². The molecule has 0 aromatic heterocycles. The molecule has 4 N–H and O–H groups in total. The molecular formula is C9H23N3. The normalized spacial score (nSPS) is 16.0. The first-order valence-corrected chi connectivity index (χ1v) is 4.91. The first kappa shape index (κ1) is 11.9. The molecule has 0 saturated heterocycles. The Kier molecular flexibility index (Phi) is 6.34. The van der Waals surface area contributed by atoms with Gasteiger partial charge < -0.3 is 5.73 Å². The van der Waals surface area contributed by atoms with Crippen molar-refractivity contribution in [2.75, 3.05) is 7.05 Å². The maximum atomic E-state index is 6.07. The Bertz CT molecular complexity index is 106. The van der Waals surface area contributed by atoms with Gasteiger partial charge in [-0.3, -0.25) is 5.43 Å². The molecule has 0 rings (SSSR count). The minimum atomic E-state index is -0.218. The second-order valence-electron chi connectivity index (χ2n) is 3.34. The van der Waals surface area contributed by atoms with E-state index in [1.54, 1.807) is 0 Å². The van der Waals surface area contributed by atoms with E-state index in [9.17, 15) is 0 Å². The number of unbranched alkanes of at least 4 members (excludes halogenated alkanes) is 2. The lowest BCUT2D eigenvalue weighted by Crippen LogP contribution is -2.57. The van der Waals surface area contributed by atoms with Crippen molar-refractivity contribution in [2.45, 2.75) is 51.6 Å². The van der Waals surface area contributed by atoms with Crippen molar-refractivity contribution in [3.05, 3.63) is 0 Å². The Morgan fingerprint density at radius 3 is 2.33 bits per heavy atom. The molecule has 3 nitrogen and oxygen atoms in total. The molecule has 0 fully saturated rings. The van der Waals surface area contributed by atoms with Crippen LogP contribution >= 0.6 is 0 Å². The molecule has 1 unspecified atom stereocenters. The van der Waals surface area contributed by atoms with E-state index in [1.807, 2.05) is 7.05 Å². The van der Waals surface area contributed by atoms with Crippen LogP contribution in [0.4, 0.5) is 0 Å². The Labute approximate surface area is 76.1 Å². The predicted molar refractivity (Wildman–Crippen MR) is 53.5 cm³/mol. The summed E-state index contributed by atoms with van der Waals surface area (Å²) in [6.07, 6.45) is 5.72. The van der Waals surface area contributed by atoms with Crippen LogP contribution in [-0.4, -0.2) is 12.7 Å². The van der Waals surface area contributed by atoms with Crippen LogP contribution in [0.2, 0.25) is 0 Å².